The topological polar surface area (TPSA) is 49.3 Å². The molecule has 1 radical (unpaired) electrons. The number of rotatable bonds is 0. The van der Waals surface area contributed by atoms with Gasteiger partial charge in [-0.2, -0.15) is 0 Å². The molecule has 0 unspecified atom stereocenters. The van der Waals surface area contributed by atoms with Gasteiger partial charge in [-0.1, -0.05) is 0 Å². The molecular weight excluding hydrogens is 86.1 g/mol. The SMILES string of the molecule is O=C(O)N[SiH2]. The highest BCUT2D eigenvalue weighted by Crippen LogP contribution is 1.44. The van der Waals surface area contributed by atoms with E-state index in [0.29, 0.717) is 0 Å². The van der Waals surface area contributed by atoms with Gasteiger partial charge in [-0.15, -0.1) is 0 Å². The molecule has 0 atom stereocenters. The monoisotopic (exact) mass is 90.0 g/mol. The van der Waals surface area contributed by atoms with Crippen LogP contribution < -0.4 is 4.98 Å². The molecule has 0 aromatic carbocycles. The summed E-state index contributed by atoms with van der Waals surface area (Å²) < 4.78 is 0. The minimum Gasteiger partial charge on any atom is -0.466 e. The van der Waals surface area contributed by atoms with E-state index in [9.17, 15) is 4.79 Å². The van der Waals surface area contributed by atoms with Crippen molar-refractivity contribution in [1.29, 1.82) is 0 Å². The number of carboxylic acid groups (broad SMARTS) is 1. The highest BCUT2D eigenvalue weighted by atomic mass is 28.2. The second-order valence-corrected chi connectivity index (χ2v) is 0.835. The summed E-state index contributed by atoms with van der Waals surface area (Å²) in [6.07, 6.45) is -0.983. The maximum atomic E-state index is 9.26. The van der Waals surface area contributed by atoms with Crippen LogP contribution >= 0.6 is 0 Å². The maximum Gasteiger partial charge on any atom is 0.396 e. The summed E-state index contributed by atoms with van der Waals surface area (Å²) in [4.78, 5) is 11.2. The first-order chi connectivity index (χ1) is 2.27. The molecule has 0 fully saturated rings. The standard InChI is InChI=1S/CH4NO2Si/c3-1(4)2-5/h2H,5H2,(H,3,4). The fourth-order valence-corrected chi connectivity index (χ4v) is 0. The van der Waals surface area contributed by atoms with Crippen LogP contribution in [0.5, 0.6) is 0 Å². The van der Waals surface area contributed by atoms with E-state index in [2.05, 4.69) is 0 Å². The smallest absolute Gasteiger partial charge is 0.396 e. The largest absolute Gasteiger partial charge is 0.466 e. The number of amides is 1. The molecule has 0 heterocycles. The van der Waals surface area contributed by atoms with Crippen LogP contribution in [0.1, 0.15) is 0 Å². The second-order valence-electron chi connectivity index (χ2n) is 0.482. The van der Waals surface area contributed by atoms with Crippen molar-refractivity contribution in [3.8, 4) is 0 Å². The predicted molar refractivity (Wildman–Crippen MR) is 19.7 cm³/mol. The Morgan fingerprint density at radius 1 is 2.00 bits per heavy atom. The van der Waals surface area contributed by atoms with E-state index in [4.69, 9.17) is 5.11 Å². The Morgan fingerprint density at radius 2 is 2.20 bits per heavy atom. The molecule has 0 aliphatic heterocycles. The summed E-state index contributed by atoms with van der Waals surface area (Å²) in [5, 5.41) is 7.62. The number of carbonyl (C=O) groups is 1. The zero-order valence-corrected chi connectivity index (χ0v) is 3.98. The van der Waals surface area contributed by atoms with Gasteiger partial charge in [0, 0.05) is 0 Å². The van der Waals surface area contributed by atoms with Gasteiger partial charge >= 0.3 is 6.09 Å². The fraction of sp³-hybridized carbons (Fsp3) is 0. The average Bonchev–Trinajstić information content (AvgIpc) is 1.38. The van der Waals surface area contributed by atoms with Gasteiger partial charge in [0.05, 0.1) is 0 Å². The van der Waals surface area contributed by atoms with Crippen molar-refractivity contribution in [2.75, 3.05) is 0 Å². The molecule has 29 valence electrons. The van der Waals surface area contributed by atoms with Crippen LogP contribution in [-0.2, 0) is 0 Å². The maximum absolute atomic E-state index is 9.26. The highest BCUT2D eigenvalue weighted by Gasteiger charge is 1.76. The molecule has 0 aromatic heterocycles. The lowest BCUT2D eigenvalue weighted by atomic mass is 11.3. The van der Waals surface area contributed by atoms with Gasteiger partial charge in [0.2, 0.25) is 0 Å². The van der Waals surface area contributed by atoms with Crippen LogP contribution in [0.25, 0.3) is 0 Å². The first kappa shape index (κ1) is 4.49. The molecular formula is CH4NO2Si. The second kappa shape index (κ2) is 1.77. The Morgan fingerprint density at radius 3 is 2.20 bits per heavy atom. The molecule has 1 amide bonds. The van der Waals surface area contributed by atoms with Crippen molar-refractivity contribution in [3.63, 3.8) is 0 Å². The van der Waals surface area contributed by atoms with Gasteiger partial charge < -0.3 is 10.1 Å². The van der Waals surface area contributed by atoms with E-state index in [1.54, 1.807) is 0 Å². The molecule has 0 spiro atoms. The predicted octanol–water partition coefficient (Wildman–Crippen LogP) is -1.20. The number of nitrogens with one attached hydrogen (secondary N) is 1. The van der Waals surface area contributed by atoms with E-state index in [1.165, 1.54) is 10.4 Å². The van der Waals surface area contributed by atoms with Crippen molar-refractivity contribution < 1.29 is 9.90 Å². The van der Waals surface area contributed by atoms with Crippen molar-refractivity contribution in [2.45, 2.75) is 0 Å². The third-order valence-corrected chi connectivity index (χ3v) is 0.454. The van der Waals surface area contributed by atoms with E-state index in [1.807, 2.05) is 4.98 Å². The first-order valence-corrected chi connectivity index (χ1v) is 1.74. The molecule has 2 N–H and O–H groups in total. The zero-order valence-electron chi connectivity index (χ0n) is 2.56. The lowest BCUT2D eigenvalue weighted by molar-refractivity contribution is 0.201. The van der Waals surface area contributed by atoms with Gasteiger partial charge in [0.1, 0.15) is 10.4 Å². The summed E-state index contributed by atoms with van der Waals surface area (Å²) in [5.41, 5.74) is 0. The summed E-state index contributed by atoms with van der Waals surface area (Å²) in [6.45, 7) is 0. The minimum atomic E-state index is -0.983. The average molecular weight is 90.1 g/mol. The van der Waals surface area contributed by atoms with E-state index < -0.39 is 6.09 Å². The summed E-state index contributed by atoms with van der Waals surface area (Å²) in [7, 11) is 1.18. The normalized spacial score (nSPS) is 6.60. The molecule has 4 heteroatoms. The first-order valence-electron chi connectivity index (χ1n) is 1.03. The molecule has 5 heavy (non-hydrogen) atoms. The molecule has 0 saturated carbocycles. The lowest BCUT2D eigenvalue weighted by Crippen LogP contribution is -2.15. The fourth-order valence-electron chi connectivity index (χ4n) is 0. The molecule has 0 saturated heterocycles. The molecule has 3 nitrogen and oxygen atoms in total. The number of hydrogen-bond donors (Lipinski definition) is 2. The molecule has 0 bridgehead atoms. The Bertz CT molecular complexity index is 44.9. The zero-order chi connectivity index (χ0) is 4.28. The third kappa shape index (κ3) is 3.49. The van der Waals surface area contributed by atoms with Gasteiger partial charge in [0.15, 0.2) is 0 Å². The molecule has 0 aromatic rings. The summed E-state index contributed by atoms with van der Waals surface area (Å²) in [5.74, 6) is 0. The quantitative estimate of drug-likeness (QED) is 0.367. The van der Waals surface area contributed by atoms with Crippen molar-refractivity contribution in [2.24, 2.45) is 0 Å². The number of hydrogen-bond acceptors (Lipinski definition) is 1. The van der Waals surface area contributed by atoms with Crippen molar-refractivity contribution in [1.82, 2.24) is 4.98 Å². The van der Waals surface area contributed by atoms with Crippen LogP contribution in [0.15, 0.2) is 0 Å². The van der Waals surface area contributed by atoms with Crippen LogP contribution in [0.2, 0.25) is 0 Å². The molecule has 0 aliphatic carbocycles. The molecule has 0 aliphatic rings. The summed E-state index contributed by atoms with van der Waals surface area (Å²) in [6, 6.07) is 0. The Balaban J connectivity index is 2.85. The van der Waals surface area contributed by atoms with Gasteiger partial charge in [-0.05, 0) is 0 Å². The van der Waals surface area contributed by atoms with E-state index in [0.717, 1.165) is 0 Å². The van der Waals surface area contributed by atoms with Gasteiger partial charge in [-0.3, -0.25) is 0 Å². The van der Waals surface area contributed by atoms with E-state index >= 15 is 0 Å². The summed E-state index contributed by atoms with van der Waals surface area (Å²) >= 11 is 0. The van der Waals surface area contributed by atoms with Crippen LogP contribution in [-0.4, -0.2) is 21.6 Å². The van der Waals surface area contributed by atoms with Crippen molar-refractivity contribution >= 4 is 16.5 Å². The van der Waals surface area contributed by atoms with Gasteiger partial charge in [0.25, 0.3) is 0 Å². The Labute approximate surface area is 32.5 Å². The minimum absolute atomic E-state index is 0.983. The van der Waals surface area contributed by atoms with Crippen LogP contribution in [0.4, 0.5) is 4.79 Å². The Kier molecular flexibility index (Phi) is 1.59. The third-order valence-electron chi connectivity index (χ3n) is 0.151. The Hall–Kier alpha value is -0.513. The van der Waals surface area contributed by atoms with E-state index in [-0.39, 0.29) is 0 Å². The van der Waals surface area contributed by atoms with Crippen LogP contribution in [0.3, 0.4) is 0 Å². The lowest BCUT2D eigenvalue weighted by Gasteiger charge is -1.78. The van der Waals surface area contributed by atoms with Crippen molar-refractivity contribution in [3.05, 3.63) is 0 Å². The molecule has 0 rings (SSSR count). The van der Waals surface area contributed by atoms with Crippen LogP contribution in [0, 0.1) is 0 Å². The van der Waals surface area contributed by atoms with Gasteiger partial charge in [-0.25, -0.2) is 4.79 Å². The highest BCUT2D eigenvalue weighted by molar-refractivity contribution is 6.12.